The standard InChI is InChI=1S/C19H23FN6S/c1-12-15(20)16(24-17(22-12)19(2,3)4)25-7-9-26(10-8-25)18-23-13-11-21-6-5-14(13)27-18/h5-6,11H,7-10H2,1-4H3. The maximum absolute atomic E-state index is 14.7. The first kappa shape index (κ1) is 18.0. The van der Waals surface area contributed by atoms with Gasteiger partial charge in [0.1, 0.15) is 11.3 Å². The van der Waals surface area contributed by atoms with Crippen LogP contribution in [0.2, 0.25) is 0 Å². The Morgan fingerprint density at radius 2 is 1.74 bits per heavy atom. The summed E-state index contributed by atoms with van der Waals surface area (Å²) in [6, 6.07) is 1.99. The molecule has 4 rings (SSSR count). The highest BCUT2D eigenvalue weighted by atomic mass is 32.1. The van der Waals surface area contributed by atoms with Gasteiger partial charge in [-0.3, -0.25) is 4.98 Å². The monoisotopic (exact) mass is 386 g/mol. The molecule has 0 spiro atoms. The van der Waals surface area contributed by atoms with Crippen molar-refractivity contribution in [2.75, 3.05) is 36.0 Å². The minimum absolute atomic E-state index is 0.218. The maximum Gasteiger partial charge on any atom is 0.186 e. The number of fused-ring (bicyclic) bond motifs is 1. The fourth-order valence-corrected chi connectivity index (χ4v) is 4.09. The molecule has 1 saturated heterocycles. The van der Waals surface area contributed by atoms with Gasteiger partial charge < -0.3 is 9.80 Å². The molecule has 0 atom stereocenters. The van der Waals surface area contributed by atoms with Crippen molar-refractivity contribution < 1.29 is 4.39 Å². The van der Waals surface area contributed by atoms with E-state index in [1.165, 1.54) is 0 Å². The minimum Gasteiger partial charge on any atom is -0.351 e. The Morgan fingerprint density at radius 3 is 2.41 bits per heavy atom. The van der Waals surface area contributed by atoms with Crippen LogP contribution in [-0.4, -0.2) is 46.1 Å². The second-order valence-corrected chi connectivity index (χ2v) is 8.84. The normalized spacial score (nSPS) is 15.6. The van der Waals surface area contributed by atoms with Crippen molar-refractivity contribution >= 4 is 32.5 Å². The molecule has 0 saturated carbocycles. The van der Waals surface area contributed by atoms with E-state index in [1.807, 2.05) is 31.7 Å². The molecule has 0 amide bonds. The minimum atomic E-state index is -0.317. The number of thiazole rings is 1. The number of rotatable bonds is 2. The SMILES string of the molecule is Cc1nc(C(C)(C)C)nc(N2CCN(c3nc4cnccc4s3)CC2)c1F. The third-order valence-corrected chi connectivity index (χ3v) is 5.80. The van der Waals surface area contributed by atoms with Gasteiger partial charge in [0.25, 0.3) is 0 Å². The summed E-state index contributed by atoms with van der Waals surface area (Å²) in [5.74, 6) is 0.778. The Labute approximate surface area is 162 Å². The van der Waals surface area contributed by atoms with Crippen LogP contribution < -0.4 is 9.80 Å². The van der Waals surface area contributed by atoms with Gasteiger partial charge in [-0.15, -0.1) is 0 Å². The van der Waals surface area contributed by atoms with Crippen molar-refractivity contribution in [3.8, 4) is 0 Å². The van der Waals surface area contributed by atoms with Crippen LogP contribution >= 0.6 is 11.3 Å². The lowest BCUT2D eigenvalue weighted by molar-refractivity contribution is 0.516. The van der Waals surface area contributed by atoms with Crippen LogP contribution in [0.4, 0.5) is 15.3 Å². The van der Waals surface area contributed by atoms with Gasteiger partial charge in [0, 0.05) is 37.8 Å². The zero-order valence-corrected chi connectivity index (χ0v) is 16.8. The van der Waals surface area contributed by atoms with Crippen molar-refractivity contribution in [3.63, 3.8) is 0 Å². The third-order valence-electron chi connectivity index (χ3n) is 4.70. The van der Waals surface area contributed by atoms with Crippen molar-refractivity contribution in [1.82, 2.24) is 19.9 Å². The Hall–Kier alpha value is -2.35. The van der Waals surface area contributed by atoms with Gasteiger partial charge >= 0.3 is 0 Å². The van der Waals surface area contributed by atoms with Crippen LogP contribution in [0.15, 0.2) is 18.5 Å². The molecule has 0 N–H and O–H groups in total. The molecule has 1 fully saturated rings. The molecule has 0 bridgehead atoms. The zero-order chi connectivity index (χ0) is 19.2. The molecule has 1 aliphatic rings. The number of hydrogen-bond acceptors (Lipinski definition) is 7. The first-order valence-corrected chi connectivity index (χ1v) is 9.89. The highest BCUT2D eigenvalue weighted by Gasteiger charge is 2.27. The van der Waals surface area contributed by atoms with Gasteiger partial charge in [-0.25, -0.2) is 19.3 Å². The van der Waals surface area contributed by atoms with E-state index < -0.39 is 0 Å². The summed E-state index contributed by atoms with van der Waals surface area (Å²) < 4.78 is 15.9. The summed E-state index contributed by atoms with van der Waals surface area (Å²) in [6.07, 6.45) is 3.58. The molecule has 1 aliphatic heterocycles. The summed E-state index contributed by atoms with van der Waals surface area (Å²) in [4.78, 5) is 22.0. The molecular weight excluding hydrogens is 363 g/mol. The molecule has 0 aliphatic carbocycles. The van der Waals surface area contributed by atoms with Gasteiger partial charge in [-0.1, -0.05) is 32.1 Å². The first-order chi connectivity index (χ1) is 12.8. The molecule has 4 heterocycles. The Morgan fingerprint density at radius 1 is 1.04 bits per heavy atom. The van der Waals surface area contributed by atoms with Crippen LogP contribution in [0, 0.1) is 12.7 Å². The van der Waals surface area contributed by atoms with E-state index >= 15 is 0 Å². The molecule has 8 heteroatoms. The highest BCUT2D eigenvalue weighted by molar-refractivity contribution is 7.22. The molecule has 3 aromatic heterocycles. The van der Waals surface area contributed by atoms with Crippen LogP contribution in [-0.2, 0) is 5.41 Å². The number of aryl methyl sites for hydroxylation is 1. The van der Waals surface area contributed by atoms with Crippen molar-refractivity contribution in [2.45, 2.75) is 33.1 Å². The van der Waals surface area contributed by atoms with Crippen molar-refractivity contribution in [1.29, 1.82) is 0 Å². The van der Waals surface area contributed by atoms with Gasteiger partial charge in [0.15, 0.2) is 16.8 Å². The lowest BCUT2D eigenvalue weighted by atomic mass is 9.95. The quantitative estimate of drug-likeness (QED) is 0.671. The molecule has 6 nitrogen and oxygen atoms in total. The summed E-state index contributed by atoms with van der Waals surface area (Å²) in [5.41, 5.74) is 1.11. The number of aromatic nitrogens is 4. The van der Waals surface area contributed by atoms with E-state index in [4.69, 9.17) is 0 Å². The average Bonchev–Trinajstić information content (AvgIpc) is 3.07. The molecule has 0 radical (unpaired) electrons. The van der Waals surface area contributed by atoms with Gasteiger partial charge in [0.2, 0.25) is 0 Å². The molecular formula is C19H23FN6S. The van der Waals surface area contributed by atoms with E-state index in [9.17, 15) is 4.39 Å². The predicted molar refractivity (Wildman–Crippen MR) is 107 cm³/mol. The number of anilines is 2. The Bertz CT molecular complexity index is 939. The smallest absolute Gasteiger partial charge is 0.186 e. The Balaban J connectivity index is 1.55. The number of piperazine rings is 1. The molecule has 27 heavy (non-hydrogen) atoms. The van der Waals surface area contributed by atoms with Gasteiger partial charge in [0.05, 0.1) is 16.6 Å². The van der Waals surface area contributed by atoms with Gasteiger partial charge in [-0.2, -0.15) is 0 Å². The van der Waals surface area contributed by atoms with E-state index in [-0.39, 0.29) is 11.2 Å². The maximum atomic E-state index is 14.7. The predicted octanol–water partition coefficient (Wildman–Crippen LogP) is 3.55. The van der Waals surface area contributed by atoms with Crippen LogP contribution in [0.5, 0.6) is 0 Å². The third kappa shape index (κ3) is 3.45. The largest absolute Gasteiger partial charge is 0.351 e. The lowest BCUT2D eigenvalue weighted by Crippen LogP contribution is -2.47. The molecule has 142 valence electrons. The van der Waals surface area contributed by atoms with E-state index in [0.29, 0.717) is 30.4 Å². The fraction of sp³-hybridized carbons (Fsp3) is 0.474. The molecule has 0 aromatic carbocycles. The number of pyridine rings is 1. The zero-order valence-electron chi connectivity index (χ0n) is 16.0. The second-order valence-electron chi connectivity index (χ2n) is 7.83. The molecule has 0 unspecified atom stereocenters. The van der Waals surface area contributed by atoms with E-state index in [2.05, 4.69) is 24.8 Å². The van der Waals surface area contributed by atoms with Gasteiger partial charge in [-0.05, 0) is 13.0 Å². The van der Waals surface area contributed by atoms with E-state index in [1.54, 1.807) is 30.7 Å². The summed E-state index contributed by atoms with van der Waals surface area (Å²) in [7, 11) is 0. The van der Waals surface area contributed by atoms with Crippen LogP contribution in [0.3, 0.4) is 0 Å². The Kier molecular flexibility index (Phi) is 4.46. The highest BCUT2D eigenvalue weighted by Crippen LogP contribution is 2.30. The number of hydrogen-bond donors (Lipinski definition) is 0. The topological polar surface area (TPSA) is 58.0 Å². The van der Waals surface area contributed by atoms with Crippen molar-refractivity contribution in [2.24, 2.45) is 0 Å². The summed E-state index contributed by atoms with van der Waals surface area (Å²) in [5, 5.41) is 0.993. The van der Waals surface area contributed by atoms with Crippen LogP contribution in [0.1, 0.15) is 32.3 Å². The summed E-state index contributed by atoms with van der Waals surface area (Å²) in [6.45, 7) is 10.8. The van der Waals surface area contributed by atoms with E-state index in [0.717, 1.165) is 28.4 Å². The fourth-order valence-electron chi connectivity index (χ4n) is 3.10. The van der Waals surface area contributed by atoms with Crippen molar-refractivity contribution in [3.05, 3.63) is 35.8 Å². The number of halogens is 1. The number of nitrogens with zero attached hydrogens (tertiary/aromatic N) is 6. The molecule has 3 aromatic rings. The first-order valence-electron chi connectivity index (χ1n) is 9.08. The average molecular weight is 387 g/mol. The summed E-state index contributed by atoms with van der Waals surface area (Å²) >= 11 is 1.67. The van der Waals surface area contributed by atoms with Crippen LogP contribution in [0.25, 0.3) is 10.2 Å². The second kappa shape index (κ2) is 6.67. The lowest BCUT2D eigenvalue weighted by Gasteiger charge is -2.35.